The summed E-state index contributed by atoms with van der Waals surface area (Å²) < 4.78 is 50.3. The summed E-state index contributed by atoms with van der Waals surface area (Å²) in [4.78, 5) is -0.104. The lowest BCUT2D eigenvalue weighted by molar-refractivity contribution is 0.0905. The van der Waals surface area contributed by atoms with Crippen molar-refractivity contribution in [3.63, 3.8) is 0 Å². The predicted molar refractivity (Wildman–Crippen MR) is 95.6 cm³/mol. The fraction of sp³-hybridized carbons (Fsp3) is 0.0625. The van der Waals surface area contributed by atoms with Crippen LogP contribution in [-0.2, 0) is 15.4 Å². The van der Waals surface area contributed by atoms with Crippen molar-refractivity contribution in [2.24, 2.45) is 5.14 Å². The zero-order chi connectivity index (χ0) is 19.1. The summed E-state index contributed by atoms with van der Waals surface area (Å²) in [7, 11) is -3.87. The number of primary sulfonamides is 1. The molecule has 0 aliphatic carbocycles. The molecule has 0 aliphatic heterocycles. The molecule has 26 heavy (non-hydrogen) atoms. The van der Waals surface area contributed by atoms with Gasteiger partial charge in [-0.1, -0.05) is 35.9 Å². The van der Waals surface area contributed by atoms with Gasteiger partial charge in [-0.2, -0.15) is 13.9 Å². The van der Waals surface area contributed by atoms with Crippen molar-refractivity contribution in [1.82, 2.24) is 10.2 Å². The Morgan fingerprint density at radius 3 is 2.04 bits per heavy atom. The van der Waals surface area contributed by atoms with E-state index in [0.29, 0.717) is 16.1 Å². The average Bonchev–Trinajstić information content (AvgIpc) is 3.00. The van der Waals surface area contributed by atoms with Crippen LogP contribution in [0.1, 0.15) is 5.69 Å². The monoisotopic (exact) mass is 417 g/mol. The molecule has 0 atom stereocenters. The quantitative estimate of drug-likeness (QED) is 0.618. The molecule has 0 saturated heterocycles. The molecule has 0 aliphatic rings. The van der Waals surface area contributed by atoms with Crippen molar-refractivity contribution in [3.05, 3.63) is 59.2 Å². The highest BCUT2D eigenvalue weighted by molar-refractivity contribution is 7.89. The lowest BCUT2D eigenvalue weighted by Gasteiger charge is -2.10. The van der Waals surface area contributed by atoms with Gasteiger partial charge in [0, 0.05) is 16.1 Å². The number of nitrogens with two attached hydrogens (primary N) is 1. The Balaban J connectivity index is 2.19. The van der Waals surface area contributed by atoms with E-state index in [4.69, 9.17) is 28.3 Å². The SMILES string of the molecule is NS(=O)(=O)c1ccc(-c2n[nH]c(C(F)(F)Cl)c2-c2ccc(Cl)cc2)cc1. The number of aromatic amines is 1. The summed E-state index contributed by atoms with van der Waals surface area (Å²) in [5, 5.41) is 8.03. The molecule has 2 aromatic carbocycles. The van der Waals surface area contributed by atoms with Crippen molar-refractivity contribution >= 4 is 33.2 Å². The van der Waals surface area contributed by atoms with E-state index in [2.05, 4.69) is 10.2 Å². The second kappa shape index (κ2) is 6.62. The number of alkyl halides is 3. The van der Waals surface area contributed by atoms with Crippen LogP contribution in [0.3, 0.4) is 0 Å². The molecule has 136 valence electrons. The molecule has 3 aromatic rings. The van der Waals surface area contributed by atoms with Crippen molar-refractivity contribution in [2.75, 3.05) is 0 Å². The molecule has 10 heteroatoms. The molecule has 3 rings (SSSR count). The van der Waals surface area contributed by atoms with Crippen molar-refractivity contribution in [1.29, 1.82) is 0 Å². The molecule has 0 spiro atoms. The maximum Gasteiger partial charge on any atom is 0.364 e. The van der Waals surface area contributed by atoms with E-state index in [1.807, 2.05) is 0 Å². The standard InChI is InChI=1S/C16H11Cl2F2N3O2S/c17-11-5-1-9(2-6-11)13-14(22-23-15(13)16(18,19)20)10-3-7-12(8-4-10)26(21,24)25/h1-8H,(H,22,23)(H2,21,24,25). The Morgan fingerprint density at radius 1 is 1.00 bits per heavy atom. The summed E-state index contributed by atoms with van der Waals surface area (Å²) in [5.74, 6) is 0. The van der Waals surface area contributed by atoms with Crippen LogP contribution in [-0.4, -0.2) is 18.6 Å². The largest absolute Gasteiger partial charge is 0.364 e. The highest BCUT2D eigenvalue weighted by atomic mass is 35.5. The van der Waals surface area contributed by atoms with Gasteiger partial charge in [0.15, 0.2) is 0 Å². The molecule has 1 heterocycles. The van der Waals surface area contributed by atoms with Gasteiger partial charge in [0.1, 0.15) is 11.4 Å². The molecular formula is C16H11Cl2F2N3O2S. The van der Waals surface area contributed by atoms with Gasteiger partial charge in [0.25, 0.3) is 0 Å². The van der Waals surface area contributed by atoms with E-state index in [9.17, 15) is 17.2 Å². The maximum absolute atomic E-state index is 13.8. The molecule has 0 amide bonds. The third-order valence-corrected chi connectivity index (χ3v) is 5.01. The number of sulfonamides is 1. The summed E-state index contributed by atoms with van der Waals surface area (Å²) in [6.45, 7) is 0. The number of hydrogen-bond acceptors (Lipinski definition) is 3. The first kappa shape index (κ1) is 18.8. The Morgan fingerprint density at radius 2 is 1.54 bits per heavy atom. The van der Waals surface area contributed by atoms with Gasteiger partial charge in [-0.3, -0.25) is 5.10 Å². The smallest absolute Gasteiger partial charge is 0.274 e. The summed E-state index contributed by atoms with van der Waals surface area (Å²) in [5.41, 5.74) is 0.524. The molecule has 0 radical (unpaired) electrons. The number of halogens is 4. The average molecular weight is 418 g/mol. The first-order valence-electron chi connectivity index (χ1n) is 7.12. The number of H-pyrrole nitrogens is 1. The number of nitrogens with one attached hydrogen (secondary N) is 1. The Labute approximate surface area is 157 Å². The van der Waals surface area contributed by atoms with E-state index in [0.717, 1.165) is 0 Å². The number of rotatable bonds is 4. The van der Waals surface area contributed by atoms with Crippen LogP contribution in [0.5, 0.6) is 0 Å². The van der Waals surface area contributed by atoms with Crippen LogP contribution in [0.2, 0.25) is 5.02 Å². The summed E-state index contributed by atoms with van der Waals surface area (Å²) in [6.07, 6.45) is 0. The van der Waals surface area contributed by atoms with Gasteiger partial charge in [0.2, 0.25) is 10.0 Å². The molecule has 0 fully saturated rings. The van der Waals surface area contributed by atoms with Crippen LogP contribution < -0.4 is 5.14 Å². The third-order valence-electron chi connectivity index (χ3n) is 3.64. The number of benzene rings is 2. The Kier molecular flexibility index (Phi) is 4.78. The highest BCUT2D eigenvalue weighted by Crippen LogP contribution is 2.42. The molecule has 3 N–H and O–H groups in total. The van der Waals surface area contributed by atoms with Gasteiger partial charge in [-0.25, -0.2) is 13.6 Å². The van der Waals surface area contributed by atoms with E-state index in [-0.39, 0.29) is 16.2 Å². The first-order chi connectivity index (χ1) is 12.1. The van der Waals surface area contributed by atoms with Crippen LogP contribution in [0, 0.1) is 0 Å². The van der Waals surface area contributed by atoms with Crippen LogP contribution in [0.4, 0.5) is 8.78 Å². The van der Waals surface area contributed by atoms with Crippen molar-refractivity contribution < 1.29 is 17.2 Å². The summed E-state index contributed by atoms with van der Waals surface area (Å²) >= 11 is 11.1. The van der Waals surface area contributed by atoms with Gasteiger partial charge in [0.05, 0.1) is 4.90 Å². The Bertz CT molecular complexity index is 1040. The molecule has 0 unspecified atom stereocenters. The van der Waals surface area contributed by atoms with Gasteiger partial charge in [-0.05, 0) is 41.4 Å². The number of hydrogen-bond donors (Lipinski definition) is 2. The molecule has 0 bridgehead atoms. The minimum absolute atomic E-state index is 0.0880. The fourth-order valence-corrected chi connectivity index (χ4v) is 3.23. The van der Waals surface area contributed by atoms with Crippen LogP contribution in [0.15, 0.2) is 53.4 Å². The van der Waals surface area contributed by atoms with Gasteiger partial charge in [-0.15, -0.1) is 0 Å². The molecule has 0 saturated carbocycles. The second-order valence-corrected chi connectivity index (χ2v) is 7.87. The topological polar surface area (TPSA) is 88.8 Å². The van der Waals surface area contributed by atoms with E-state index >= 15 is 0 Å². The fourth-order valence-electron chi connectivity index (χ4n) is 2.46. The van der Waals surface area contributed by atoms with E-state index < -0.39 is 21.1 Å². The maximum atomic E-state index is 13.8. The van der Waals surface area contributed by atoms with E-state index in [1.54, 1.807) is 24.3 Å². The minimum Gasteiger partial charge on any atom is -0.274 e. The minimum atomic E-state index is -3.87. The van der Waals surface area contributed by atoms with Crippen LogP contribution >= 0.6 is 23.2 Å². The zero-order valence-electron chi connectivity index (χ0n) is 12.9. The predicted octanol–water partition coefficient (Wildman–Crippen LogP) is 4.33. The molecular weight excluding hydrogens is 407 g/mol. The van der Waals surface area contributed by atoms with Crippen LogP contribution in [0.25, 0.3) is 22.4 Å². The number of aromatic nitrogens is 2. The summed E-state index contributed by atoms with van der Waals surface area (Å²) in [6, 6.07) is 11.6. The first-order valence-corrected chi connectivity index (χ1v) is 9.42. The van der Waals surface area contributed by atoms with Gasteiger partial charge >= 0.3 is 5.38 Å². The van der Waals surface area contributed by atoms with Crippen molar-refractivity contribution in [3.8, 4) is 22.4 Å². The van der Waals surface area contributed by atoms with Crippen molar-refractivity contribution in [2.45, 2.75) is 10.3 Å². The second-order valence-electron chi connectivity index (χ2n) is 5.40. The lowest BCUT2D eigenvalue weighted by Crippen LogP contribution is -2.11. The van der Waals surface area contributed by atoms with E-state index in [1.165, 1.54) is 24.3 Å². The third kappa shape index (κ3) is 3.73. The van der Waals surface area contributed by atoms with Gasteiger partial charge < -0.3 is 0 Å². The molecule has 1 aromatic heterocycles. The zero-order valence-corrected chi connectivity index (χ0v) is 15.2. The normalized spacial score (nSPS) is 12.3. The number of nitrogens with zero attached hydrogens (tertiary/aromatic N) is 1. The lowest BCUT2D eigenvalue weighted by atomic mass is 9.99. The molecule has 5 nitrogen and oxygen atoms in total. The Hall–Kier alpha value is -2.00. The highest BCUT2D eigenvalue weighted by Gasteiger charge is 2.35.